The Morgan fingerprint density at radius 1 is 1.04 bits per heavy atom. The van der Waals surface area contributed by atoms with Gasteiger partial charge in [0.05, 0.1) is 5.69 Å². The molecule has 0 unspecified atom stereocenters. The van der Waals surface area contributed by atoms with Crippen LogP contribution in [-0.4, -0.2) is 27.7 Å². The van der Waals surface area contributed by atoms with Gasteiger partial charge in [0.15, 0.2) is 5.65 Å². The number of nitrogens with zero attached hydrogens (tertiary/aromatic N) is 4. The molecule has 3 heterocycles. The van der Waals surface area contributed by atoms with Gasteiger partial charge in [-0.05, 0) is 51.0 Å². The lowest BCUT2D eigenvalue weighted by Gasteiger charge is -2.21. The number of fused-ring (bicyclic) bond motifs is 1. The minimum absolute atomic E-state index is 0.236. The molecule has 0 N–H and O–H groups in total. The Bertz CT molecular complexity index is 861. The summed E-state index contributed by atoms with van der Waals surface area (Å²) in [4.78, 5) is 7.06. The average molecular weight is 310 g/mol. The van der Waals surface area contributed by atoms with E-state index in [-0.39, 0.29) is 5.82 Å². The normalized spacial score (nSPS) is 14.8. The number of anilines is 1. The summed E-state index contributed by atoms with van der Waals surface area (Å²) in [5.41, 5.74) is 4.77. The first-order valence-electron chi connectivity index (χ1n) is 8.01. The van der Waals surface area contributed by atoms with E-state index in [0.717, 1.165) is 41.5 Å². The third-order valence-electron chi connectivity index (χ3n) is 4.60. The predicted molar refractivity (Wildman–Crippen MR) is 89.3 cm³/mol. The van der Waals surface area contributed by atoms with Crippen LogP contribution in [0.4, 0.5) is 10.2 Å². The predicted octanol–water partition coefficient (Wildman–Crippen LogP) is 3.75. The van der Waals surface area contributed by atoms with Crippen molar-refractivity contribution in [2.45, 2.75) is 26.7 Å². The molecule has 5 heteroatoms. The summed E-state index contributed by atoms with van der Waals surface area (Å²) in [7, 11) is 0. The number of halogens is 1. The Kier molecular flexibility index (Phi) is 3.29. The van der Waals surface area contributed by atoms with E-state index in [1.165, 1.54) is 30.5 Å². The van der Waals surface area contributed by atoms with Gasteiger partial charge in [0, 0.05) is 36.0 Å². The highest BCUT2D eigenvalue weighted by atomic mass is 19.1. The van der Waals surface area contributed by atoms with E-state index in [1.807, 2.05) is 17.5 Å². The zero-order valence-electron chi connectivity index (χ0n) is 13.4. The number of benzene rings is 1. The Balaban J connectivity index is 1.90. The van der Waals surface area contributed by atoms with Crippen LogP contribution in [0.5, 0.6) is 0 Å². The maximum absolute atomic E-state index is 13.1. The van der Waals surface area contributed by atoms with Crippen molar-refractivity contribution in [1.82, 2.24) is 14.6 Å². The van der Waals surface area contributed by atoms with Crippen LogP contribution in [0.2, 0.25) is 0 Å². The summed E-state index contributed by atoms with van der Waals surface area (Å²) in [6.45, 7) is 6.27. The Labute approximate surface area is 134 Å². The third kappa shape index (κ3) is 2.36. The topological polar surface area (TPSA) is 33.4 Å². The van der Waals surface area contributed by atoms with Crippen molar-refractivity contribution in [3.8, 4) is 11.3 Å². The molecular formula is C18H19FN4. The van der Waals surface area contributed by atoms with E-state index < -0.39 is 0 Å². The van der Waals surface area contributed by atoms with Gasteiger partial charge in [0.1, 0.15) is 11.6 Å². The smallest absolute Gasteiger partial charge is 0.158 e. The van der Waals surface area contributed by atoms with E-state index in [4.69, 9.17) is 5.10 Å². The Morgan fingerprint density at radius 3 is 2.43 bits per heavy atom. The molecule has 0 atom stereocenters. The highest BCUT2D eigenvalue weighted by Gasteiger charge is 2.21. The molecule has 0 aliphatic carbocycles. The van der Waals surface area contributed by atoms with Crippen LogP contribution in [0.1, 0.15) is 24.1 Å². The molecule has 0 radical (unpaired) electrons. The summed E-state index contributed by atoms with van der Waals surface area (Å²) in [5.74, 6) is 0.901. The van der Waals surface area contributed by atoms with Gasteiger partial charge in [-0.2, -0.15) is 9.61 Å². The van der Waals surface area contributed by atoms with E-state index in [1.54, 1.807) is 12.1 Å². The third-order valence-corrected chi connectivity index (χ3v) is 4.60. The van der Waals surface area contributed by atoms with E-state index in [9.17, 15) is 4.39 Å². The first kappa shape index (κ1) is 14.2. The lowest BCUT2D eigenvalue weighted by Crippen LogP contribution is -2.23. The Morgan fingerprint density at radius 2 is 1.74 bits per heavy atom. The molecule has 0 saturated carbocycles. The van der Waals surface area contributed by atoms with Crippen molar-refractivity contribution in [1.29, 1.82) is 0 Å². The fourth-order valence-electron chi connectivity index (χ4n) is 3.24. The van der Waals surface area contributed by atoms with Crippen LogP contribution in [-0.2, 0) is 0 Å². The summed E-state index contributed by atoms with van der Waals surface area (Å²) < 4.78 is 15.1. The van der Waals surface area contributed by atoms with E-state index in [0.29, 0.717) is 0 Å². The lowest BCUT2D eigenvalue weighted by molar-refractivity contribution is 0.628. The average Bonchev–Trinajstić information content (AvgIpc) is 3.19. The molecular weight excluding hydrogens is 291 g/mol. The lowest BCUT2D eigenvalue weighted by atomic mass is 10.1. The molecule has 4 rings (SSSR count). The van der Waals surface area contributed by atoms with Crippen molar-refractivity contribution < 1.29 is 4.39 Å². The van der Waals surface area contributed by atoms with Crippen molar-refractivity contribution in [2.24, 2.45) is 0 Å². The molecule has 0 bridgehead atoms. The minimum Gasteiger partial charge on any atom is -0.356 e. The van der Waals surface area contributed by atoms with Crippen molar-refractivity contribution >= 4 is 11.5 Å². The largest absolute Gasteiger partial charge is 0.356 e. The van der Waals surface area contributed by atoms with Crippen molar-refractivity contribution in [3.63, 3.8) is 0 Å². The quantitative estimate of drug-likeness (QED) is 0.723. The van der Waals surface area contributed by atoms with Gasteiger partial charge >= 0.3 is 0 Å². The van der Waals surface area contributed by atoms with Crippen LogP contribution in [0.25, 0.3) is 16.9 Å². The van der Waals surface area contributed by atoms with Gasteiger partial charge in [-0.1, -0.05) is 0 Å². The fourth-order valence-corrected chi connectivity index (χ4v) is 3.24. The molecule has 4 nitrogen and oxygen atoms in total. The van der Waals surface area contributed by atoms with Crippen LogP contribution in [0.3, 0.4) is 0 Å². The number of hydrogen-bond acceptors (Lipinski definition) is 3. The zero-order chi connectivity index (χ0) is 16.0. The molecule has 118 valence electrons. The van der Waals surface area contributed by atoms with Gasteiger partial charge in [-0.3, -0.25) is 0 Å². The minimum atomic E-state index is -0.236. The molecule has 0 spiro atoms. The second-order valence-corrected chi connectivity index (χ2v) is 6.15. The number of rotatable bonds is 2. The van der Waals surface area contributed by atoms with Gasteiger partial charge < -0.3 is 4.90 Å². The number of aromatic nitrogens is 3. The molecule has 1 fully saturated rings. The summed E-state index contributed by atoms with van der Waals surface area (Å²) in [6, 6.07) is 8.41. The van der Waals surface area contributed by atoms with Crippen LogP contribution >= 0.6 is 0 Å². The van der Waals surface area contributed by atoms with Crippen LogP contribution in [0.15, 0.2) is 30.3 Å². The fraction of sp³-hybridized carbons (Fsp3) is 0.333. The number of aryl methyl sites for hydroxylation is 1. The molecule has 23 heavy (non-hydrogen) atoms. The van der Waals surface area contributed by atoms with Crippen LogP contribution < -0.4 is 4.90 Å². The second kappa shape index (κ2) is 5.33. The van der Waals surface area contributed by atoms with Crippen molar-refractivity contribution in [2.75, 3.05) is 18.0 Å². The molecule has 2 aromatic heterocycles. The summed E-state index contributed by atoms with van der Waals surface area (Å²) in [6.07, 6.45) is 2.43. The molecule has 0 amide bonds. The summed E-state index contributed by atoms with van der Waals surface area (Å²) in [5, 5.41) is 4.75. The molecule has 1 aromatic carbocycles. The highest BCUT2D eigenvalue weighted by Crippen LogP contribution is 2.29. The SMILES string of the molecule is Cc1nc2cc(-c3ccc(F)cc3)nn2c(N2CCCC2)c1C. The maximum Gasteiger partial charge on any atom is 0.158 e. The second-order valence-electron chi connectivity index (χ2n) is 6.15. The van der Waals surface area contributed by atoms with Crippen molar-refractivity contribution in [3.05, 3.63) is 47.4 Å². The van der Waals surface area contributed by atoms with E-state index >= 15 is 0 Å². The maximum atomic E-state index is 13.1. The summed E-state index contributed by atoms with van der Waals surface area (Å²) >= 11 is 0. The van der Waals surface area contributed by atoms with Gasteiger partial charge in [0.2, 0.25) is 0 Å². The molecule has 3 aromatic rings. The van der Waals surface area contributed by atoms with Gasteiger partial charge in [-0.15, -0.1) is 0 Å². The van der Waals surface area contributed by atoms with Gasteiger partial charge in [0.25, 0.3) is 0 Å². The first-order valence-corrected chi connectivity index (χ1v) is 8.01. The highest BCUT2D eigenvalue weighted by molar-refractivity contribution is 5.67. The molecule has 1 aliphatic heterocycles. The molecule has 1 aliphatic rings. The number of hydrogen-bond donors (Lipinski definition) is 0. The monoisotopic (exact) mass is 310 g/mol. The Hall–Kier alpha value is -2.43. The van der Waals surface area contributed by atoms with Crippen LogP contribution in [0, 0.1) is 19.7 Å². The first-order chi connectivity index (χ1) is 11.1. The zero-order valence-corrected chi connectivity index (χ0v) is 13.4. The standard InChI is InChI=1S/C18H19FN4/c1-12-13(2)20-17-11-16(14-5-7-15(19)8-6-14)21-23(17)18(12)22-9-3-4-10-22/h5-8,11H,3-4,9-10H2,1-2H3. The van der Waals surface area contributed by atoms with Gasteiger partial charge in [-0.25, -0.2) is 9.37 Å². The van der Waals surface area contributed by atoms with E-state index in [2.05, 4.69) is 16.8 Å². The molecule has 1 saturated heterocycles.